The number of fused-ring (bicyclic) bond motifs is 1. The van der Waals surface area contributed by atoms with E-state index in [0.717, 1.165) is 9.20 Å². The summed E-state index contributed by atoms with van der Waals surface area (Å²) < 4.78 is 25.7. The molecule has 3 rings (SSSR count). The van der Waals surface area contributed by atoms with Gasteiger partial charge in [-0.05, 0) is 42.8 Å². The third kappa shape index (κ3) is 4.68. The highest BCUT2D eigenvalue weighted by atomic mass is 35.5. The molecule has 0 saturated carbocycles. The number of thioether (sulfide) groups is 1. The Morgan fingerprint density at radius 3 is 2.54 bits per heavy atom. The summed E-state index contributed by atoms with van der Waals surface area (Å²) in [4.78, 5) is 25.3. The molecule has 0 spiro atoms. The van der Waals surface area contributed by atoms with E-state index in [1.807, 2.05) is 24.3 Å². The molecule has 0 unspecified atom stereocenters. The minimum absolute atomic E-state index is 0.0111. The monoisotopic (exact) mass is 438 g/mol. The van der Waals surface area contributed by atoms with Crippen LogP contribution in [0.5, 0.6) is 0 Å². The van der Waals surface area contributed by atoms with Gasteiger partial charge >= 0.3 is 0 Å². The van der Waals surface area contributed by atoms with Crippen LogP contribution in [-0.4, -0.2) is 43.4 Å². The van der Waals surface area contributed by atoms with E-state index in [-0.39, 0.29) is 35.8 Å². The first kappa shape index (κ1) is 20.7. The number of hydrogen-bond acceptors (Lipinski definition) is 5. The summed E-state index contributed by atoms with van der Waals surface area (Å²) >= 11 is 7.44. The second kappa shape index (κ2) is 8.98. The van der Waals surface area contributed by atoms with Crippen molar-refractivity contribution < 1.29 is 18.0 Å². The van der Waals surface area contributed by atoms with Crippen LogP contribution in [-0.2, 0) is 14.8 Å². The molecule has 2 aromatic carbocycles. The van der Waals surface area contributed by atoms with Gasteiger partial charge in [0.1, 0.15) is 4.90 Å². The lowest BCUT2D eigenvalue weighted by molar-refractivity contribution is -0.121. The molecule has 2 aromatic rings. The smallest absolute Gasteiger partial charge is 0.269 e. The Balaban J connectivity index is 1.40. The molecule has 0 aromatic heterocycles. The van der Waals surface area contributed by atoms with Gasteiger partial charge < -0.3 is 5.32 Å². The molecule has 0 fully saturated rings. The zero-order chi connectivity index (χ0) is 20.1. The van der Waals surface area contributed by atoms with Crippen molar-refractivity contribution in [3.05, 3.63) is 59.1 Å². The van der Waals surface area contributed by atoms with E-state index in [9.17, 15) is 18.0 Å². The van der Waals surface area contributed by atoms with Gasteiger partial charge in [0.05, 0.1) is 5.56 Å². The molecule has 6 nitrogen and oxygen atoms in total. The van der Waals surface area contributed by atoms with E-state index in [2.05, 4.69) is 5.32 Å². The van der Waals surface area contributed by atoms with Crippen LogP contribution in [0.3, 0.4) is 0 Å². The molecule has 9 heteroatoms. The first-order valence-corrected chi connectivity index (χ1v) is 11.5. The fourth-order valence-electron chi connectivity index (χ4n) is 2.81. The standard InChI is InChI=1S/C19H19ClN2O4S2/c20-14-7-9-15(10-8-14)27-13-11-21-18(23)6-3-12-22-19(24)16-4-1-2-5-17(16)28(22,25)26/h1-2,4-5,7-10H,3,6,11-13H2,(H,21,23). The predicted molar refractivity (Wildman–Crippen MR) is 109 cm³/mol. The number of carbonyl (C=O) groups is 2. The Hall–Kier alpha value is -2.03. The average molecular weight is 439 g/mol. The SMILES string of the molecule is O=C(CCCN1C(=O)c2ccccc2S1(=O)=O)NCCSc1ccc(Cl)cc1. The van der Waals surface area contributed by atoms with E-state index in [4.69, 9.17) is 11.6 Å². The van der Waals surface area contributed by atoms with Crippen LogP contribution in [0, 0.1) is 0 Å². The second-order valence-electron chi connectivity index (χ2n) is 6.13. The maximum Gasteiger partial charge on any atom is 0.269 e. The Labute approximate surface area is 173 Å². The molecule has 0 aliphatic carbocycles. The first-order valence-electron chi connectivity index (χ1n) is 8.71. The normalized spacial score (nSPS) is 14.8. The molecule has 1 heterocycles. The number of amides is 2. The minimum atomic E-state index is -3.81. The Morgan fingerprint density at radius 2 is 1.82 bits per heavy atom. The molecule has 28 heavy (non-hydrogen) atoms. The summed E-state index contributed by atoms with van der Waals surface area (Å²) in [5.41, 5.74) is 0.186. The number of sulfonamides is 1. The fourth-order valence-corrected chi connectivity index (χ4v) is 5.32. The number of carbonyl (C=O) groups excluding carboxylic acids is 2. The van der Waals surface area contributed by atoms with Crippen molar-refractivity contribution in [2.45, 2.75) is 22.6 Å². The summed E-state index contributed by atoms with van der Waals surface area (Å²) in [6.45, 7) is 0.487. The summed E-state index contributed by atoms with van der Waals surface area (Å²) in [5, 5.41) is 3.48. The Kier molecular flexibility index (Phi) is 6.64. The van der Waals surface area contributed by atoms with Crippen LogP contribution in [0.25, 0.3) is 0 Å². The van der Waals surface area contributed by atoms with Gasteiger partial charge in [-0.15, -0.1) is 11.8 Å². The molecule has 0 radical (unpaired) electrons. The van der Waals surface area contributed by atoms with Crippen molar-refractivity contribution in [3.63, 3.8) is 0 Å². The number of halogens is 1. The minimum Gasteiger partial charge on any atom is -0.355 e. The van der Waals surface area contributed by atoms with Crippen LogP contribution in [0.1, 0.15) is 23.2 Å². The molecule has 1 N–H and O–H groups in total. The third-order valence-corrected chi connectivity index (χ3v) is 7.29. The lowest BCUT2D eigenvalue weighted by atomic mass is 10.2. The van der Waals surface area contributed by atoms with Gasteiger partial charge in [-0.2, -0.15) is 0 Å². The second-order valence-corrected chi connectivity index (χ2v) is 9.57. The van der Waals surface area contributed by atoms with Crippen LogP contribution < -0.4 is 5.32 Å². The number of rotatable bonds is 8. The predicted octanol–water partition coefficient (Wildman–Crippen LogP) is 3.17. The van der Waals surface area contributed by atoms with E-state index in [1.165, 1.54) is 12.1 Å². The molecule has 1 aliphatic rings. The first-order chi connectivity index (χ1) is 13.4. The third-order valence-electron chi connectivity index (χ3n) is 4.18. The van der Waals surface area contributed by atoms with Crippen LogP contribution >= 0.6 is 23.4 Å². The number of nitrogens with zero attached hydrogens (tertiary/aromatic N) is 1. The zero-order valence-corrected chi connectivity index (χ0v) is 17.3. The van der Waals surface area contributed by atoms with Crippen molar-refractivity contribution in [1.82, 2.24) is 9.62 Å². The molecule has 0 atom stereocenters. The van der Waals surface area contributed by atoms with Crippen molar-refractivity contribution in [3.8, 4) is 0 Å². The molecule has 0 bridgehead atoms. The van der Waals surface area contributed by atoms with E-state index >= 15 is 0 Å². The average Bonchev–Trinajstić information content (AvgIpc) is 2.87. The van der Waals surface area contributed by atoms with E-state index < -0.39 is 15.9 Å². The number of hydrogen-bond donors (Lipinski definition) is 1. The highest BCUT2D eigenvalue weighted by molar-refractivity contribution is 7.99. The summed E-state index contributed by atoms with van der Waals surface area (Å²) in [5.74, 6) is 0.00966. The lowest BCUT2D eigenvalue weighted by Gasteiger charge is -2.14. The highest BCUT2D eigenvalue weighted by Gasteiger charge is 2.40. The largest absolute Gasteiger partial charge is 0.355 e. The van der Waals surface area contributed by atoms with Gasteiger partial charge in [0, 0.05) is 35.2 Å². The maximum atomic E-state index is 12.4. The summed E-state index contributed by atoms with van der Waals surface area (Å²) in [7, 11) is -3.81. The van der Waals surface area contributed by atoms with Crippen molar-refractivity contribution in [2.24, 2.45) is 0 Å². The van der Waals surface area contributed by atoms with Crippen LogP contribution in [0.4, 0.5) is 0 Å². The molecular weight excluding hydrogens is 420 g/mol. The molecule has 2 amide bonds. The van der Waals surface area contributed by atoms with Crippen molar-refractivity contribution >= 4 is 45.2 Å². The molecule has 0 saturated heterocycles. The lowest BCUT2D eigenvalue weighted by Crippen LogP contribution is -2.32. The van der Waals surface area contributed by atoms with Gasteiger partial charge in [0.15, 0.2) is 0 Å². The van der Waals surface area contributed by atoms with E-state index in [1.54, 1.807) is 23.9 Å². The quantitative estimate of drug-likeness (QED) is 0.505. The van der Waals surface area contributed by atoms with Crippen LogP contribution in [0.2, 0.25) is 5.02 Å². The van der Waals surface area contributed by atoms with Crippen molar-refractivity contribution in [1.29, 1.82) is 0 Å². The van der Waals surface area contributed by atoms with Gasteiger partial charge in [0.25, 0.3) is 15.9 Å². The highest BCUT2D eigenvalue weighted by Crippen LogP contribution is 2.30. The van der Waals surface area contributed by atoms with Gasteiger partial charge in [-0.1, -0.05) is 23.7 Å². The molecular formula is C19H19ClN2O4S2. The van der Waals surface area contributed by atoms with E-state index in [0.29, 0.717) is 17.3 Å². The molecule has 148 valence electrons. The van der Waals surface area contributed by atoms with Crippen molar-refractivity contribution in [2.75, 3.05) is 18.8 Å². The fraction of sp³-hybridized carbons (Fsp3) is 0.263. The number of benzene rings is 2. The van der Waals surface area contributed by atoms with Crippen LogP contribution in [0.15, 0.2) is 58.3 Å². The maximum absolute atomic E-state index is 12.4. The summed E-state index contributed by atoms with van der Waals surface area (Å²) in [6, 6.07) is 13.6. The van der Waals surface area contributed by atoms with Gasteiger partial charge in [-0.25, -0.2) is 12.7 Å². The summed E-state index contributed by atoms with van der Waals surface area (Å²) in [6.07, 6.45) is 0.427. The Bertz CT molecular complexity index is 978. The Morgan fingerprint density at radius 1 is 1.11 bits per heavy atom. The number of nitrogens with one attached hydrogen (secondary N) is 1. The van der Waals surface area contributed by atoms with Gasteiger partial charge in [0.2, 0.25) is 5.91 Å². The topological polar surface area (TPSA) is 83.6 Å². The molecule has 1 aliphatic heterocycles. The zero-order valence-electron chi connectivity index (χ0n) is 14.9. The van der Waals surface area contributed by atoms with Gasteiger partial charge in [-0.3, -0.25) is 9.59 Å².